The summed E-state index contributed by atoms with van der Waals surface area (Å²) in [6.45, 7) is 3.78. The van der Waals surface area contributed by atoms with Crippen molar-refractivity contribution in [3.05, 3.63) is 45.8 Å². The molecule has 0 fully saturated rings. The van der Waals surface area contributed by atoms with E-state index >= 15 is 0 Å². The third-order valence-corrected chi connectivity index (χ3v) is 3.52. The summed E-state index contributed by atoms with van der Waals surface area (Å²) in [7, 11) is 0. The number of nitrogens with zero attached hydrogens (tertiary/aromatic N) is 1. The normalized spacial score (nSPS) is 11.7. The number of esters is 1. The third-order valence-electron chi connectivity index (χ3n) is 3.52. The van der Waals surface area contributed by atoms with Crippen molar-refractivity contribution in [1.82, 2.24) is 4.57 Å². The number of hydrogen-bond acceptors (Lipinski definition) is 3. The second kappa shape index (κ2) is 6.06. The average molecular weight is 327 g/mol. The van der Waals surface area contributed by atoms with Crippen LogP contribution in [-0.4, -0.2) is 23.8 Å². The molecule has 1 aromatic heterocycles. The van der Waals surface area contributed by atoms with E-state index in [1.807, 2.05) is 0 Å². The van der Waals surface area contributed by atoms with Crippen molar-refractivity contribution >= 4 is 16.9 Å². The molecule has 1 heterocycles. The number of pyridine rings is 1. The molecule has 0 radical (unpaired) electrons. The van der Waals surface area contributed by atoms with E-state index in [9.17, 15) is 22.8 Å². The van der Waals surface area contributed by atoms with Crippen LogP contribution in [0.4, 0.5) is 13.2 Å². The minimum absolute atomic E-state index is 0.00426. The Morgan fingerprint density at radius 1 is 1.26 bits per heavy atom. The Bertz CT molecular complexity index is 827. The van der Waals surface area contributed by atoms with Crippen LogP contribution in [0.2, 0.25) is 0 Å². The predicted octanol–water partition coefficient (Wildman–Crippen LogP) is 3.16. The Kier molecular flexibility index (Phi) is 4.49. The van der Waals surface area contributed by atoms with E-state index in [0.29, 0.717) is 6.07 Å². The summed E-state index contributed by atoms with van der Waals surface area (Å²) in [5.74, 6) is -3.28. The number of alkyl halides is 1. The van der Waals surface area contributed by atoms with E-state index in [-0.39, 0.29) is 23.1 Å². The molecule has 7 heteroatoms. The summed E-state index contributed by atoms with van der Waals surface area (Å²) in [4.78, 5) is 24.3. The first-order chi connectivity index (χ1) is 10.7. The maximum atomic E-state index is 13.6. The number of aromatic nitrogens is 1. The third kappa shape index (κ3) is 2.95. The highest BCUT2D eigenvalue weighted by atomic mass is 19.2. The highest BCUT2D eigenvalue weighted by molar-refractivity contribution is 5.93. The molecule has 0 unspecified atom stereocenters. The van der Waals surface area contributed by atoms with E-state index < -0.39 is 35.2 Å². The first kappa shape index (κ1) is 17.1. The number of benzene rings is 1. The van der Waals surface area contributed by atoms with Crippen molar-refractivity contribution in [3.8, 4) is 0 Å². The average Bonchev–Trinajstić information content (AvgIpc) is 2.49. The summed E-state index contributed by atoms with van der Waals surface area (Å²) in [6.07, 6.45) is 1.12. The van der Waals surface area contributed by atoms with Crippen molar-refractivity contribution in [2.45, 2.75) is 26.3 Å². The topological polar surface area (TPSA) is 48.3 Å². The summed E-state index contributed by atoms with van der Waals surface area (Å²) < 4.78 is 46.5. The van der Waals surface area contributed by atoms with Crippen LogP contribution in [0.1, 0.15) is 31.1 Å². The number of fused-ring (bicyclic) bond motifs is 1. The molecular formula is C16H16F3NO3. The van der Waals surface area contributed by atoms with Gasteiger partial charge in [-0.25, -0.2) is 18.0 Å². The summed E-state index contributed by atoms with van der Waals surface area (Å²) in [5, 5.41) is -0.212. The molecule has 0 bridgehead atoms. The van der Waals surface area contributed by atoms with Crippen LogP contribution < -0.4 is 5.43 Å². The molecule has 0 N–H and O–H groups in total. The number of carbonyl (C=O) groups excluding carboxylic acids is 1. The molecule has 4 nitrogen and oxygen atoms in total. The minimum Gasteiger partial charge on any atom is -0.462 e. The number of halogens is 3. The zero-order chi connectivity index (χ0) is 17.4. The highest BCUT2D eigenvalue weighted by Crippen LogP contribution is 2.24. The van der Waals surface area contributed by atoms with E-state index in [2.05, 4.69) is 0 Å². The van der Waals surface area contributed by atoms with Gasteiger partial charge in [-0.3, -0.25) is 4.79 Å². The van der Waals surface area contributed by atoms with Gasteiger partial charge in [0.15, 0.2) is 11.6 Å². The largest absolute Gasteiger partial charge is 0.462 e. The maximum Gasteiger partial charge on any atom is 0.343 e. The summed E-state index contributed by atoms with van der Waals surface area (Å²) >= 11 is 0. The second-order valence-electron chi connectivity index (χ2n) is 5.69. The molecule has 0 aliphatic rings. The Morgan fingerprint density at radius 3 is 2.43 bits per heavy atom. The van der Waals surface area contributed by atoms with Crippen LogP contribution in [-0.2, 0) is 10.3 Å². The molecule has 0 aliphatic heterocycles. The molecule has 0 saturated heterocycles. The Morgan fingerprint density at radius 2 is 1.87 bits per heavy atom. The Hall–Kier alpha value is -2.31. The van der Waals surface area contributed by atoms with Crippen molar-refractivity contribution in [1.29, 1.82) is 0 Å². The van der Waals surface area contributed by atoms with Crippen molar-refractivity contribution in [2.75, 3.05) is 13.3 Å². The van der Waals surface area contributed by atoms with Crippen LogP contribution in [0, 0.1) is 11.6 Å². The van der Waals surface area contributed by atoms with Gasteiger partial charge < -0.3 is 9.30 Å². The van der Waals surface area contributed by atoms with Gasteiger partial charge in [-0.1, -0.05) is 0 Å². The Balaban J connectivity index is 2.92. The predicted molar refractivity (Wildman–Crippen MR) is 79.4 cm³/mol. The number of ether oxygens (including phenoxy) is 1. The van der Waals surface area contributed by atoms with Crippen LogP contribution in [0.5, 0.6) is 0 Å². The van der Waals surface area contributed by atoms with Gasteiger partial charge in [-0.15, -0.1) is 0 Å². The second-order valence-corrected chi connectivity index (χ2v) is 5.69. The lowest BCUT2D eigenvalue weighted by molar-refractivity contribution is 0.0523. The SMILES string of the molecule is CCOC(=O)c1cn(C(C)(C)CF)c2cc(F)c(F)cc2c1=O. The van der Waals surface area contributed by atoms with Gasteiger partial charge in [0, 0.05) is 17.6 Å². The lowest BCUT2D eigenvalue weighted by Gasteiger charge is -2.27. The van der Waals surface area contributed by atoms with E-state index in [1.165, 1.54) is 18.4 Å². The molecule has 0 aliphatic carbocycles. The monoisotopic (exact) mass is 327 g/mol. The number of carbonyl (C=O) groups is 1. The molecule has 1 aromatic carbocycles. The highest BCUT2D eigenvalue weighted by Gasteiger charge is 2.26. The first-order valence-corrected chi connectivity index (χ1v) is 7.01. The van der Waals surface area contributed by atoms with Crippen LogP contribution in [0.25, 0.3) is 10.9 Å². The van der Waals surface area contributed by atoms with Gasteiger partial charge in [0.2, 0.25) is 5.43 Å². The number of rotatable bonds is 4. The van der Waals surface area contributed by atoms with Crippen LogP contribution in [0.3, 0.4) is 0 Å². The standard InChI is InChI=1S/C16H16F3NO3/c1-4-23-15(22)10-7-20(16(2,3)8-17)13-6-12(19)11(18)5-9(13)14(10)21/h5-7H,4,8H2,1-3H3. The fourth-order valence-corrected chi connectivity index (χ4v) is 2.24. The fourth-order valence-electron chi connectivity index (χ4n) is 2.24. The molecule has 0 saturated carbocycles. The van der Waals surface area contributed by atoms with Crippen LogP contribution in [0.15, 0.2) is 23.1 Å². The van der Waals surface area contributed by atoms with Crippen molar-refractivity contribution < 1.29 is 22.7 Å². The molecule has 23 heavy (non-hydrogen) atoms. The Labute approximate surface area is 130 Å². The molecule has 2 rings (SSSR count). The molecule has 124 valence electrons. The lowest BCUT2D eigenvalue weighted by atomic mass is 10.0. The molecular weight excluding hydrogens is 311 g/mol. The molecule has 0 spiro atoms. The van der Waals surface area contributed by atoms with Crippen LogP contribution >= 0.6 is 0 Å². The van der Waals surface area contributed by atoms with Crippen molar-refractivity contribution in [2.24, 2.45) is 0 Å². The lowest BCUT2D eigenvalue weighted by Crippen LogP contribution is -2.32. The molecule has 0 amide bonds. The van der Waals surface area contributed by atoms with E-state index in [0.717, 1.165) is 12.3 Å². The first-order valence-electron chi connectivity index (χ1n) is 7.01. The van der Waals surface area contributed by atoms with Gasteiger partial charge >= 0.3 is 5.97 Å². The van der Waals surface area contributed by atoms with E-state index in [4.69, 9.17) is 4.74 Å². The number of hydrogen-bond donors (Lipinski definition) is 0. The van der Waals surface area contributed by atoms with Crippen molar-refractivity contribution in [3.63, 3.8) is 0 Å². The minimum atomic E-state index is -1.22. The quantitative estimate of drug-likeness (QED) is 0.811. The van der Waals surface area contributed by atoms with E-state index in [1.54, 1.807) is 6.92 Å². The summed E-state index contributed by atoms with van der Waals surface area (Å²) in [6, 6.07) is 1.53. The zero-order valence-electron chi connectivity index (χ0n) is 13.0. The molecule has 0 atom stereocenters. The molecule has 2 aromatic rings. The van der Waals surface area contributed by atoms with Gasteiger partial charge in [0.25, 0.3) is 0 Å². The van der Waals surface area contributed by atoms with Gasteiger partial charge in [-0.2, -0.15) is 0 Å². The van der Waals surface area contributed by atoms with Gasteiger partial charge in [-0.05, 0) is 26.8 Å². The smallest absolute Gasteiger partial charge is 0.343 e. The summed E-state index contributed by atoms with van der Waals surface area (Å²) in [5.41, 5.74) is -2.31. The van der Waals surface area contributed by atoms with Gasteiger partial charge in [0.05, 0.1) is 17.7 Å². The van der Waals surface area contributed by atoms with Gasteiger partial charge in [0.1, 0.15) is 12.2 Å². The maximum absolute atomic E-state index is 13.6. The zero-order valence-corrected chi connectivity index (χ0v) is 13.0. The fraction of sp³-hybridized carbons (Fsp3) is 0.375.